The average Bonchev–Trinajstić information content (AvgIpc) is 2.21. The molecule has 0 unspecified atom stereocenters. The summed E-state index contributed by atoms with van der Waals surface area (Å²) in [6, 6.07) is 2.99. The number of alkyl halides is 3. The molecular weight excluding hydrogens is 241 g/mol. The zero-order valence-electron chi connectivity index (χ0n) is 11.0. The highest BCUT2D eigenvalue weighted by molar-refractivity contribution is 5.42. The number of ether oxygens (including phenoxy) is 1. The summed E-state index contributed by atoms with van der Waals surface area (Å²) in [4.78, 5) is 0. The van der Waals surface area contributed by atoms with Crippen LogP contribution >= 0.6 is 0 Å². The molecule has 1 nitrogen and oxygen atoms in total. The van der Waals surface area contributed by atoms with Gasteiger partial charge in [-0.05, 0) is 48.6 Å². The van der Waals surface area contributed by atoms with Crippen molar-refractivity contribution in [3.8, 4) is 5.75 Å². The molecule has 0 N–H and O–H groups in total. The van der Waals surface area contributed by atoms with Gasteiger partial charge < -0.3 is 4.74 Å². The van der Waals surface area contributed by atoms with Gasteiger partial charge in [-0.2, -0.15) is 0 Å². The van der Waals surface area contributed by atoms with Crippen LogP contribution in [0.4, 0.5) is 13.2 Å². The minimum Gasteiger partial charge on any atom is -0.406 e. The molecule has 0 aliphatic rings. The second-order valence-corrected chi connectivity index (χ2v) is 4.43. The molecule has 0 amide bonds. The quantitative estimate of drug-likeness (QED) is 0.739. The average molecular weight is 260 g/mol. The summed E-state index contributed by atoms with van der Waals surface area (Å²) in [5.74, 6) is -0.108. The molecule has 0 aliphatic heterocycles. The summed E-state index contributed by atoms with van der Waals surface area (Å²) in [6.45, 7) is 5.92. The van der Waals surface area contributed by atoms with E-state index < -0.39 is 6.36 Å². The lowest BCUT2D eigenvalue weighted by Gasteiger charge is -2.16. The van der Waals surface area contributed by atoms with Gasteiger partial charge in [0.25, 0.3) is 0 Å². The molecule has 102 valence electrons. The van der Waals surface area contributed by atoms with Crippen LogP contribution in [0.2, 0.25) is 0 Å². The highest BCUT2D eigenvalue weighted by Crippen LogP contribution is 2.29. The molecule has 0 aliphatic carbocycles. The van der Waals surface area contributed by atoms with Crippen molar-refractivity contribution in [2.75, 3.05) is 0 Å². The summed E-state index contributed by atoms with van der Waals surface area (Å²) in [5, 5.41) is 0. The van der Waals surface area contributed by atoms with E-state index in [1.807, 2.05) is 13.8 Å². The highest BCUT2D eigenvalue weighted by Gasteiger charge is 2.31. The van der Waals surface area contributed by atoms with Crippen LogP contribution in [0.5, 0.6) is 5.75 Å². The third-order valence-corrected chi connectivity index (χ3v) is 2.79. The van der Waals surface area contributed by atoms with Crippen LogP contribution in [0.25, 0.3) is 0 Å². The van der Waals surface area contributed by atoms with Crippen molar-refractivity contribution in [3.63, 3.8) is 0 Å². The number of rotatable bonds is 5. The van der Waals surface area contributed by atoms with E-state index in [0.29, 0.717) is 0 Å². The van der Waals surface area contributed by atoms with Crippen molar-refractivity contribution >= 4 is 0 Å². The Labute approximate surface area is 106 Å². The monoisotopic (exact) mass is 260 g/mol. The maximum Gasteiger partial charge on any atom is 0.573 e. The van der Waals surface area contributed by atoms with Crippen LogP contribution in [0.3, 0.4) is 0 Å². The topological polar surface area (TPSA) is 9.23 Å². The van der Waals surface area contributed by atoms with Crippen molar-refractivity contribution in [1.29, 1.82) is 0 Å². The second kappa shape index (κ2) is 6.12. The van der Waals surface area contributed by atoms with Gasteiger partial charge in [-0.15, -0.1) is 13.2 Å². The molecule has 0 bridgehead atoms. The normalized spacial score (nSPS) is 11.7. The third kappa shape index (κ3) is 4.24. The summed E-state index contributed by atoms with van der Waals surface area (Å²) < 4.78 is 40.7. The zero-order valence-corrected chi connectivity index (χ0v) is 11.0. The van der Waals surface area contributed by atoms with Gasteiger partial charge in [0.05, 0.1) is 0 Å². The van der Waals surface area contributed by atoms with Crippen LogP contribution in [0.15, 0.2) is 12.1 Å². The van der Waals surface area contributed by atoms with E-state index in [0.717, 1.165) is 42.4 Å². The van der Waals surface area contributed by atoms with E-state index in [-0.39, 0.29) is 5.75 Å². The molecule has 0 radical (unpaired) electrons. The van der Waals surface area contributed by atoms with Gasteiger partial charge in [-0.1, -0.05) is 26.7 Å². The van der Waals surface area contributed by atoms with Crippen molar-refractivity contribution in [2.24, 2.45) is 0 Å². The van der Waals surface area contributed by atoms with Gasteiger partial charge in [-0.3, -0.25) is 0 Å². The van der Waals surface area contributed by atoms with Gasteiger partial charge in [0.1, 0.15) is 5.75 Å². The molecule has 4 heteroatoms. The van der Waals surface area contributed by atoms with E-state index in [4.69, 9.17) is 0 Å². The van der Waals surface area contributed by atoms with E-state index in [1.165, 1.54) is 12.1 Å². The Morgan fingerprint density at radius 1 is 1.06 bits per heavy atom. The van der Waals surface area contributed by atoms with Crippen LogP contribution in [0, 0.1) is 6.92 Å². The van der Waals surface area contributed by atoms with Crippen LogP contribution in [-0.4, -0.2) is 6.36 Å². The van der Waals surface area contributed by atoms with Gasteiger partial charge in [0, 0.05) is 0 Å². The first kappa shape index (κ1) is 14.9. The number of halogens is 3. The molecule has 0 spiro atoms. The fourth-order valence-corrected chi connectivity index (χ4v) is 2.15. The first-order valence-corrected chi connectivity index (χ1v) is 6.25. The fraction of sp³-hybridized carbons (Fsp3) is 0.571. The summed E-state index contributed by atoms with van der Waals surface area (Å²) in [5.41, 5.74) is 3.01. The van der Waals surface area contributed by atoms with Crippen molar-refractivity contribution in [2.45, 2.75) is 52.8 Å². The summed E-state index contributed by atoms with van der Waals surface area (Å²) in [6.07, 6.45) is -1.05. The molecule has 1 aromatic rings. The molecule has 0 aromatic heterocycles. The Bertz CT molecular complexity index is 397. The van der Waals surface area contributed by atoms with Gasteiger partial charge >= 0.3 is 6.36 Å². The molecule has 1 rings (SSSR count). The molecule has 0 heterocycles. The lowest BCUT2D eigenvalue weighted by Crippen LogP contribution is -2.17. The third-order valence-electron chi connectivity index (χ3n) is 2.79. The SMILES string of the molecule is CCCc1cc(OC(F)(F)F)cc(C)c1CCC. The Kier molecular flexibility index (Phi) is 5.05. The number of hydrogen-bond acceptors (Lipinski definition) is 1. The number of aryl methyl sites for hydroxylation is 2. The Balaban J connectivity index is 3.10. The van der Waals surface area contributed by atoms with E-state index >= 15 is 0 Å². The number of hydrogen-bond donors (Lipinski definition) is 0. The van der Waals surface area contributed by atoms with Gasteiger partial charge in [0.2, 0.25) is 0 Å². The van der Waals surface area contributed by atoms with Gasteiger partial charge in [-0.25, -0.2) is 0 Å². The van der Waals surface area contributed by atoms with Gasteiger partial charge in [0.15, 0.2) is 0 Å². The maximum absolute atomic E-state index is 12.2. The Morgan fingerprint density at radius 3 is 2.17 bits per heavy atom. The van der Waals surface area contributed by atoms with Crippen molar-refractivity contribution < 1.29 is 17.9 Å². The molecule has 0 saturated carbocycles. The first-order valence-electron chi connectivity index (χ1n) is 6.25. The minimum atomic E-state index is -4.62. The van der Waals surface area contributed by atoms with E-state index in [2.05, 4.69) is 11.7 Å². The molecule has 1 aromatic carbocycles. The standard InChI is InChI=1S/C14H19F3O/c1-4-6-11-9-12(18-14(15,16)17)8-10(3)13(11)7-5-2/h8-9H,4-7H2,1-3H3. The first-order chi connectivity index (χ1) is 8.37. The Morgan fingerprint density at radius 2 is 1.67 bits per heavy atom. The highest BCUT2D eigenvalue weighted by atomic mass is 19.4. The minimum absolute atomic E-state index is 0.108. The lowest BCUT2D eigenvalue weighted by atomic mass is 9.95. The largest absolute Gasteiger partial charge is 0.573 e. The zero-order chi connectivity index (χ0) is 13.8. The Hall–Kier alpha value is -1.19. The second-order valence-electron chi connectivity index (χ2n) is 4.43. The predicted molar refractivity (Wildman–Crippen MR) is 65.9 cm³/mol. The molecule has 0 fully saturated rings. The van der Waals surface area contributed by atoms with E-state index in [9.17, 15) is 13.2 Å². The number of benzene rings is 1. The summed E-state index contributed by atoms with van der Waals surface area (Å²) in [7, 11) is 0. The van der Waals surface area contributed by atoms with Crippen molar-refractivity contribution in [1.82, 2.24) is 0 Å². The molecule has 18 heavy (non-hydrogen) atoms. The molecule has 0 saturated heterocycles. The molecule has 0 atom stereocenters. The van der Waals surface area contributed by atoms with Crippen LogP contribution in [0.1, 0.15) is 43.4 Å². The fourth-order valence-electron chi connectivity index (χ4n) is 2.15. The lowest BCUT2D eigenvalue weighted by molar-refractivity contribution is -0.274. The predicted octanol–water partition coefficient (Wildman–Crippen LogP) is 4.80. The smallest absolute Gasteiger partial charge is 0.406 e. The summed E-state index contributed by atoms with van der Waals surface area (Å²) >= 11 is 0. The molecular formula is C14H19F3O. The van der Waals surface area contributed by atoms with Crippen LogP contribution in [-0.2, 0) is 12.8 Å². The van der Waals surface area contributed by atoms with Crippen LogP contribution < -0.4 is 4.74 Å². The van der Waals surface area contributed by atoms with E-state index in [1.54, 1.807) is 0 Å². The maximum atomic E-state index is 12.2. The van der Waals surface area contributed by atoms with Crippen molar-refractivity contribution in [3.05, 3.63) is 28.8 Å².